The second-order valence-corrected chi connectivity index (χ2v) is 7.22. The molecule has 0 saturated carbocycles. The molecule has 1 saturated heterocycles. The largest absolute Gasteiger partial charge is 0.374 e. The zero-order chi connectivity index (χ0) is 15.5. The number of nitrogens with one attached hydrogen (secondary N) is 1. The maximum Gasteiger partial charge on any atom is 0.0858 e. The highest BCUT2D eigenvalue weighted by atomic mass is 16.5. The molecule has 1 fully saturated rings. The number of ether oxygens (including phenoxy) is 1. The Morgan fingerprint density at radius 2 is 1.95 bits per heavy atom. The van der Waals surface area contributed by atoms with Crippen LogP contribution in [0.4, 0.5) is 0 Å². The molecule has 118 valence electrons. The van der Waals surface area contributed by atoms with Crippen LogP contribution in [0.25, 0.3) is 0 Å². The van der Waals surface area contributed by atoms with Crippen LogP contribution in [0, 0.1) is 0 Å². The van der Waals surface area contributed by atoms with Gasteiger partial charge in [-0.15, -0.1) is 0 Å². The Hall–Kier alpha value is -0.900. The van der Waals surface area contributed by atoms with Crippen molar-refractivity contribution in [1.29, 1.82) is 0 Å². The summed E-state index contributed by atoms with van der Waals surface area (Å²) in [6, 6.07) is 9.41. The Labute approximate surface area is 129 Å². The van der Waals surface area contributed by atoms with E-state index in [1.807, 2.05) is 7.05 Å². The van der Waals surface area contributed by atoms with Gasteiger partial charge in [0.25, 0.3) is 0 Å². The maximum absolute atomic E-state index is 5.95. The van der Waals surface area contributed by atoms with Gasteiger partial charge in [-0.2, -0.15) is 0 Å². The summed E-state index contributed by atoms with van der Waals surface area (Å²) in [7, 11) is 4.20. The van der Waals surface area contributed by atoms with Crippen molar-refractivity contribution in [2.24, 2.45) is 0 Å². The highest BCUT2D eigenvalue weighted by molar-refractivity contribution is 5.28. The SMILES string of the molecule is CNC(Cc1ccc(C(C)(C)C)cc1)C1CN(C)CCO1. The molecule has 1 N–H and O–H groups in total. The average Bonchev–Trinajstić information content (AvgIpc) is 2.44. The third-order valence-electron chi connectivity index (χ3n) is 4.39. The summed E-state index contributed by atoms with van der Waals surface area (Å²) in [5, 5.41) is 3.43. The Morgan fingerprint density at radius 1 is 1.29 bits per heavy atom. The van der Waals surface area contributed by atoms with Crippen LogP contribution in [0.15, 0.2) is 24.3 Å². The molecule has 3 heteroatoms. The van der Waals surface area contributed by atoms with Crippen molar-refractivity contribution in [3.05, 3.63) is 35.4 Å². The van der Waals surface area contributed by atoms with Crippen LogP contribution in [-0.2, 0) is 16.6 Å². The first-order chi connectivity index (χ1) is 9.90. The smallest absolute Gasteiger partial charge is 0.0858 e. The van der Waals surface area contributed by atoms with Gasteiger partial charge in [-0.25, -0.2) is 0 Å². The second-order valence-electron chi connectivity index (χ2n) is 7.22. The summed E-state index contributed by atoms with van der Waals surface area (Å²) in [4.78, 5) is 2.35. The molecule has 0 amide bonds. The van der Waals surface area contributed by atoms with Gasteiger partial charge in [0.05, 0.1) is 12.7 Å². The first-order valence-corrected chi connectivity index (χ1v) is 7.97. The summed E-state index contributed by atoms with van der Waals surface area (Å²) in [6.45, 7) is 9.64. The fourth-order valence-electron chi connectivity index (χ4n) is 2.87. The van der Waals surface area contributed by atoms with Crippen molar-refractivity contribution in [2.45, 2.75) is 44.8 Å². The van der Waals surface area contributed by atoms with E-state index >= 15 is 0 Å². The number of morpholine rings is 1. The van der Waals surface area contributed by atoms with E-state index in [-0.39, 0.29) is 11.5 Å². The van der Waals surface area contributed by atoms with Gasteiger partial charge in [0, 0.05) is 19.1 Å². The number of nitrogens with zero attached hydrogens (tertiary/aromatic N) is 1. The molecule has 0 aliphatic carbocycles. The molecule has 0 radical (unpaired) electrons. The predicted octanol–water partition coefficient (Wildman–Crippen LogP) is 2.45. The number of rotatable bonds is 4. The van der Waals surface area contributed by atoms with Crippen molar-refractivity contribution in [3.63, 3.8) is 0 Å². The van der Waals surface area contributed by atoms with E-state index in [1.165, 1.54) is 11.1 Å². The first kappa shape index (κ1) is 16.5. The zero-order valence-corrected chi connectivity index (χ0v) is 14.1. The van der Waals surface area contributed by atoms with Gasteiger partial charge in [0.15, 0.2) is 0 Å². The van der Waals surface area contributed by atoms with Gasteiger partial charge >= 0.3 is 0 Å². The second kappa shape index (κ2) is 6.91. The molecule has 2 rings (SSSR count). The van der Waals surface area contributed by atoms with Gasteiger partial charge in [-0.05, 0) is 37.1 Å². The van der Waals surface area contributed by atoms with E-state index in [0.29, 0.717) is 6.04 Å². The van der Waals surface area contributed by atoms with E-state index in [0.717, 1.165) is 26.1 Å². The Morgan fingerprint density at radius 3 is 2.48 bits per heavy atom. The molecule has 0 bridgehead atoms. The van der Waals surface area contributed by atoms with Crippen molar-refractivity contribution >= 4 is 0 Å². The monoisotopic (exact) mass is 290 g/mol. The molecule has 1 aliphatic heterocycles. The molecule has 1 aromatic carbocycles. The Bertz CT molecular complexity index is 436. The lowest BCUT2D eigenvalue weighted by atomic mass is 9.86. The van der Waals surface area contributed by atoms with Crippen molar-refractivity contribution in [1.82, 2.24) is 10.2 Å². The number of likely N-dealkylation sites (N-methyl/N-ethyl adjacent to an activating group) is 2. The van der Waals surface area contributed by atoms with Crippen LogP contribution in [0.1, 0.15) is 31.9 Å². The van der Waals surface area contributed by atoms with Gasteiger partial charge in [0.1, 0.15) is 0 Å². The molecule has 1 heterocycles. The minimum atomic E-state index is 0.218. The quantitative estimate of drug-likeness (QED) is 0.922. The fraction of sp³-hybridized carbons (Fsp3) is 0.667. The van der Waals surface area contributed by atoms with Crippen LogP contribution >= 0.6 is 0 Å². The van der Waals surface area contributed by atoms with Gasteiger partial charge in [-0.3, -0.25) is 0 Å². The number of hydrogen-bond donors (Lipinski definition) is 1. The van der Waals surface area contributed by atoms with Crippen molar-refractivity contribution in [3.8, 4) is 0 Å². The Balaban J connectivity index is 2.01. The summed E-state index contributed by atoms with van der Waals surface area (Å²) in [5.41, 5.74) is 2.98. The molecule has 1 aromatic rings. The van der Waals surface area contributed by atoms with E-state index in [4.69, 9.17) is 4.74 Å². The third kappa shape index (κ3) is 4.53. The minimum Gasteiger partial charge on any atom is -0.374 e. The summed E-state index contributed by atoms with van der Waals surface area (Å²) in [5.74, 6) is 0. The zero-order valence-electron chi connectivity index (χ0n) is 14.1. The van der Waals surface area contributed by atoms with E-state index in [9.17, 15) is 0 Å². The van der Waals surface area contributed by atoms with E-state index < -0.39 is 0 Å². The van der Waals surface area contributed by atoms with Crippen LogP contribution in [0.5, 0.6) is 0 Å². The lowest BCUT2D eigenvalue weighted by Gasteiger charge is -2.35. The summed E-state index contributed by atoms with van der Waals surface area (Å²) < 4.78 is 5.95. The molecule has 21 heavy (non-hydrogen) atoms. The van der Waals surface area contributed by atoms with E-state index in [1.54, 1.807) is 0 Å². The molecule has 0 aromatic heterocycles. The van der Waals surface area contributed by atoms with Gasteiger partial charge in [-0.1, -0.05) is 45.0 Å². The summed E-state index contributed by atoms with van der Waals surface area (Å²) >= 11 is 0. The van der Waals surface area contributed by atoms with E-state index in [2.05, 4.69) is 62.3 Å². The molecule has 3 nitrogen and oxygen atoms in total. The highest BCUT2D eigenvalue weighted by Crippen LogP contribution is 2.23. The average molecular weight is 290 g/mol. The van der Waals surface area contributed by atoms with Crippen LogP contribution in [-0.4, -0.2) is 50.8 Å². The molecule has 0 spiro atoms. The summed E-state index contributed by atoms with van der Waals surface area (Å²) in [6.07, 6.45) is 1.29. The van der Waals surface area contributed by atoms with Crippen molar-refractivity contribution < 1.29 is 4.74 Å². The minimum absolute atomic E-state index is 0.218. The number of hydrogen-bond acceptors (Lipinski definition) is 3. The molecular formula is C18H30N2O. The fourth-order valence-corrected chi connectivity index (χ4v) is 2.87. The molecular weight excluding hydrogens is 260 g/mol. The lowest BCUT2D eigenvalue weighted by molar-refractivity contribution is -0.0372. The number of benzene rings is 1. The normalized spacial score (nSPS) is 22.2. The van der Waals surface area contributed by atoms with Crippen LogP contribution in [0.2, 0.25) is 0 Å². The third-order valence-corrected chi connectivity index (χ3v) is 4.39. The van der Waals surface area contributed by atoms with Crippen molar-refractivity contribution in [2.75, 3.05) is 33.8 Å². The van der Waals surface area contributed by atoms with Gasteiger partial charge in [0.2, 0.25) is 0 Å². The lowest BCUT2D eigenvalue weighted by Crippen LogP contribution is -2.51. The van der Waals surface area contributed by atoms with Gasteiger partial charge < -0.3 is 15.0 Å². The first-order valence-electron chi connectivity index (χ1n) is 7.97. The van der Waals surface area contributed by atoms with Crippen LogP contribution in [0.3, 0.4) is 0 Å². The highest BCUT2D eigenvalue weighted by Gasteiger charge is 2.25. The molecule has 1 aliphatic rings. The maximum atomic E-state index is 5.95. The Kier molecular flexibility index (Phi) is 5.42. The predicted molar refractivity (Wildman–Crippen MR) is 88.9 cm³/mol. The standard InChI is InChI=1S/C18H30N2O/c1-18(2,3)15-8-6-14(7-9-15)12-16(19-4)17-13-20(5)10-11-21-17/h6-9,16-17,19H,10-13H2,1-5H3. The van der Waals surface area contributed by atoms with Crippen LogP contribution < -0.4 is 5.32 Å². The molecule has 2 atom stereocenters. The molecule has 2 unspecified atom stereocenters. The topological polar surface area (TPSA) is 24.5 Å².